The average molecular weight is 384 g/mol. The molecule has 3 rings (SSSR count). The maximum atomic E-state index is 13.3. The standard InChI is InChI=1S/C18H28N2O5S/c1-23-14-15-6-4-9-19(12-15)26(21,22)20-10-5-11-25-18-16(13-20)7-3-8-17(18)24-2/h3,7-8,15H,4-6,9-14H2,1-2H3. The summed E-state index contributed by atoms with van der Waals surface area (Å²) >= 11 is 0. The molecule has 2 aliphatic rings. The average Bonchev–Trinajstić information content (AvgIpc) is 2.62. The molecule has 0 aromatic heterocycles. The highest BCUT2D eigenvalue weighted by molar-refractivity contribution is 7.86. The van der Waals surface area contributed by atoms with Gasteiger partial charge in [-0.2, -0.15) is 17.0 Å². The number of hydrogen-bond acceptors (Lipinski definition) is 5. The van der Waals surface area contributed by atoms with Crippen molar-refractivity contribution in [2.75, 3.05) is 47.1 Å². The first-order chi connectivity index (χ1) is 12.6. The predicted molar refractivity (Wildman–Crippen MR) is 98.6 cm³/mol. The molecule has 1 saturated heterocycles. The smallest absolute Gasteiger partial charge is 0.282 e. The molecule has 0 spiro atoms. The monoisotopic (exact) mass is 384 g/mol. The highest BCUT2D eigenvalue weighted by Crippen LogP contribution is 2.34. The molecule has 0 saturated carbocycles. The lowest BCUT2D eigenvalue weighted by Crippen LogP contribution is -2.49. The van der Waals surface area contributed by atoms with Gasteiger partial charge >= 0.3 is 0 Å². The van der Waals surface area contributed by atoms with Gasteiger partial charge in [0, 0.05) is 38.9 Å². The molecule has 0 bridgehead atoms. The Kier molecular flexibility index (Phi) is 6.39. The Morgan fingerprint density at radius 2 is 2.00 bits per heavy atom. The van der Waals surface area contributed by atoms with Crippen LogP contribution in [0.4, 0.5) is 0 Å². The van der Waals surface area contributed by atoms with E-state index in [2.05, 4.69) is 0 Å². The largest absolute Gasteiger partial charge is 0.493 e. The van der Waals surface area contributed by atoms with Crippen LogP contribution in [0.3, 0.4) is 0 Å². The summed E-state index contributed by atoms with van der Waals surface area (Å²) in [4.78, 5) is 0. The molecule has 0 radical (unpaired) electrons. The number of benzene rings is 1. The first-order valence-electron chi connectivity index (χ1n) is 9.09. The molecule has 0 aliphatic carbocycles. The van der Waals surface area contributed by atoms with Crippen LogP contribution in [-0.4, -0.2) is 64.1 Å². The number of rotatable bonds is 5. The number of ether oxygens (including phenoxy) is 3. The van der Waals surface area contributed by atoms with Crippen molar-refractivity contribution in [3.8, 4) is 11.5 Å². The Morgan fingerprint density at radius 1 is 1.19 bits per heavy atom. The van der Waals surface area contributed by atoms with Crippen LogP contribution in [0.15, 0.2) is 18.2 Å². The Labute approximate surface area is 156 Å². The van der Waals surface area contributed by atoms with Gasteiger partial charge in [-0.05, 0) is 31.2 Å². The van der Waals surface area contributed by atoms with Crippen molar-refractivity contribution in [2.24, 2.45) is 5.92 Å². The molecular weight excluding hydrogens is 356 g/mol. The minimum Gasteiger partial charge on any atom is -0.493 e. The van der Waals surface area contributed by atoms with Gasteiger partial charge in [0.25, 0.3) is 10.2 Å². The van der Waals surface area contributed by atoms with E-state index in [1.54, 1.807) is 22.8 Å². The lowest BCUT2D eigenvalue weighted by atomic mass is 10.0. The number of fused-ring (bicyclic) bond motifs is 1. The summed E-state index contributed by atoms with van der Waals surface area (Å²) in [5, 5.41) is 0. The third-order valence-corrected chi connectivity index (χ3v) is 6.91. The Morgan fingerprint density at radius 3 is 2.77 bits per heavy atom. The summed E-state index contributed by atoms with van der Waals surface area (Å²) < 4.78 is 46.1. The minimum atomic E-state index is -3.52. The van der Waals surface area contributed by atoms with Crippen LogP contribution >= 0.6 is 0 Å². The van der Waals surface area contributed by atoms with Crippen LogP contribution in [0.25, 0.3) is 0 Å². The predicted octanol–water partition coefficient (Wildman–Crippen LogP) is 1.88. The lowest BCUT2D eigenvalue weighted by Gasteiger charge is -2.36. The molecule has 0 amide bonds. The van der Waals surface area contributed by atoms with E-state index in [1.165, 1.54) is 0 Å². The third kappa shape index (κ3) is 4.14. The topological polar surface area (TPSA) is 68.3 Å². The molecule has 1 fully saturated rings. The van der Waals surface area contributed by atoms with Crippen LogP contribution in [0.2, 0.25) is 0 Å². The Balaban J connectivity index is 1.82. The molecule has 2 heterocycles. The third-order valence-electron chi connectivity index (χ3n) is 4.96. The first kappa shape index (κ1) is 19.4. The molecule has 7 nitrogen and oxygen atoms in total. The van der Waals surface area contributed by atoms with Gasteiger partial charge in [0.2, 0.25) is 0 Å². The fourth-order valence-electron chi connectivity index (χ4n) is 3.66. The molecule has 1 aromatic rings. The fraction of sp³-hybridized carbons (Fsp3) is 0.667. The van der Waals surface area contributed by atoms with Crippen molar-refractivity contribution < 1.29 is 22.6 Å². The van der Waals surface area contributed by atoms with Gasteiger partial charge in [-0.25, -0.2) is 0 Å². The number of nitrogens with zero attached hydrogens (tertiary/aromatic N) is 2. The van der Waals surface area contributed by atoms with Crippen molar-refractivity contribution in [3.05, 3.63) is 23.8 Å². The van der Waals surface area contributed by atoms with E-state index in [4.69, 9.17) is 14.2 Å². The maximum Gasteiger partial charge on any atom is 0.282 e. The maximum absolute atomic E-state index is 13.3. The molecule has 1 aromatic carbocycles. The number of para-hydroxylation sites is 1. The molecule has 146 valence electrons. The number of piperidine rings is 1. The molecular formula is C18H28N2O5S. The van der Waals surface area contributed by atoms with E-state index in [0.717, 1.165) is 18.4 Å². The number of hydrogen-bond donors (Lipinski definition) is 0. The lowest BCUT2D eigenvalue weighted by molar-refractivity contribution is 0.115. The van der Waals surface area contributed by atoms with E-state index in [0.29, 0.717) is 57.3 Å². The highest BCUT2D eigenvalue weighted by Gasteiger charge is 2.34. The van der Waals surface area contributed by atoms with Gasteiger partial charge in [-0.3, -0.25) is 0 Å². The van der Waals surface area contributed by atoms with Crippen LogP contribution in [0, 0.1) is 5.92 Å². The Hall–Kier alpha value is -1.35. The van der Waals surface area contributed by atoms with E-state index in [9.17, 15) is 8.42 Å². The zero-order valence-electron chi connectivity index (χ0n) is 15.5. The summed E-state index contributed by atoms with van der Waals surface area (Å²) in [6.45, 7) is 2.89. The van der Waals surface area contributed by atoms with Crippen molar-refractivity contribution in [1.29, 1.82) is 0 Å². The Bertz CT molecular complexity index is 708. The summed E-state index contributed by atoms with van der Waals surface area (Å²) in [7, 11) is -0.267. The second-order valence-electron chi connectivity index (χ2n) is 6.81. The van der Waals surface area contributed by atoms with Gasteiger partial charge in [-0.15, -0.1) is 0 Å². The zero-order chi connectivity index (χ0) is 18.6. The van der Waals surface area contributed by atoms with Crippen LogP contribution in [-0.2, 0) is 21.5 Å². The zero-order valence-corrected chi connectivity index (χ0v) is 16.3. The quantitative estimate of drug-likeness (QED) is 0.775. The van der Waals surface area contributed by atoms with E-state index in [1.807, 2.05) is 18.2 Å². The summed E-state index contributed by atoms with van der Waals surface area (Å²) in [5.74, 6) is 1.54. The minimum absolute atomic E-state index is 0.258. The van der Waals surface area contributed by atoms with E-state index < -0.39 is 10.2 Å². The molecule has 26 heavy (non-hydrogen) atoms. The normalized spacial score (nSPS) is 22.8. The van der Waals surface area contributed by atoms with Crippen molar-refractivity contribution in [1.82, 2.24) is 8.61 Å². The molecule has 1 unspecified atom stereocenters. The second-order valence-corrected chi connectivity index (χ2v) is 8.74. The van der Waals surface area contributed by atoms with E-state index >= 15 is 0 Å². The van der Waals surface area contributed by atoms with E-state index in [-0.39, 0.29) is 5.92 Å². The van der Waals surface area contributed by atoms with Crippen molar-refractivity contribution in [2.45, 2.75) is 25.8 Å². The molecule has 0 N–H and O–H groups in total. The van der Waals surface area contributed by atoms with Gasteiger partial charge in [0.15, 0.2) is 11.5 Å². The summed E-state index contributed by atoms with van der Waals surface area (Å²) in [5.41, 5.74) is 0.832. The van der Waals surface area contributed by atoms with Crippen LogP contribution < -0.4 is 9.47 Å². The van der Waals surface area contributed by atoms with Crippen LogP contribution in [0.5, 0.6) is 11.5 Å². The fourth-order valence-corrected chi connectivity index (χ4v) is 5.41. The van der Waals surface area contributed by atoms with Crippen molar-refractivity contribution >= 4 is 10.2 Å². The SMILES string of the molecule is COCC1CCCN(S(=O)(=O)N2CCCOc3c(cccc3OC)C2)C1. The van der Waals surface area contributed by atoms with Gasteiger partial charge in [0.05, 0.1) is 20.3 Å². The second kappa shape index (κ2) is 8.56. The first-order valence-corrected chi connectivity index (χ1v) is 10.5. The number of methoxy groups -OCH3 is 2. The molecule has 2 aliphatic heterocycles. The van der Waals surface area contributed by atoms with Crippen molar-refractivity contribution in [3.63, 3.8) is 0 Å². The van der Waals surface area contributed by atoms with Gasteiger partial charge in [0.1, 0.15) is 0 Å². The highest BCUT2D eigenvalue weighted by atomic mass is 32.2. The summed E-state index contributed by atoms with van der Waals surface area (Å²) in [6, 6.07) is 5.60. The van der Waals surface area contributed by atoms with Crippen LogP contribution in [0.1, 0.15) is 24.8 Å². The summed E-state index contributed by atoms with van der Waals surface area (Å²) in [6.07, 6.45) is 2.52. The molecule has 1 atom stereocenters. The van der Waals surface area contributed by atoms with Gasteiger partial charge < -0.3 is 14.2 Å². The molecule has 8 heteroatoms. The van der Waals surface area contributed by atoms with Gasteiger partial charge in [-0.1, -0.05) is 12.1 Å².